The summed E-state index contributed by atoms with van der Waals surface area (Å²) in [6.07, 6.45) is 0. The van der Waals surface area contributed by atoms with E-state index in [1.54, 1.807) is 12.1 Å². The number of halogens is 1. The molecule has 0 saturated carbocycles. The van der Waals surface area contributed by atoms with Crippen LogP contribution in [0.25, 0.3) is 0 Å². The summed E-state index contributed by atoms with van der Waals surface area (Å²) in [7, 11) is 0. The van der Waals surface area contributed by atoms with Crippen LogP contribution in [0.2, 0.25) is 0 Å². The summed E-state index contributed by atoms with van der Waals surface area (Å²) in [4.78, 5) is 10.4. The maximum atomic E-state index is 10.8. The fourth-order valence-electron chi connectivity index (χ4n) is 1.38. The maximum absolute atomic E-state index is 10.8. The summed E-state index contributed by atoms with van der Waals surface area (Å²) in [6.45, 7) is 7.23. The third-order valence-electron chi connectivity index (χ3n) is 2.24. The number of nitrogens with zero attached hydrogens (tertiary/aromatic N) is 1. The molecule has 0 atom stereocenters. The van der Waals surface area contributed by atoms with E-state index in [0.29, 0.717) is 24.3 Å². The van der Waals surface area contributed by atoms with E-state index in [4.69, 9.17) is 9.47 Å². The SMILES string of the molecule is CC(C)(C)OCCOCc1ccc(Br)c([N+](=O)[O-])c1. The first-order valence-electron chi connectivity index (χ1n) is 5.94. The van der Waals surface area contributed by atoms with Crippen molar-refractivity contribution >= 4 is 21.6 Å². The lowest BCUT2D eigenvalue weighted by atomic mass is 10.2. The van der Waals surface area contributed by atoms with Gasteiger partial charge >= 0.3 is 0 Å². The number of rotatable bonds is 6. The molecule has 0 bridgehead atoms. The molecule has 0 saturated heterocycles. The van der Waals surface area contributed by atoms with Gasteiger partial charge in [-0.1, -0.05) is 6.07 Å². The van der Waals surface area contributed by atoms with Gasteiger partial charge in [0.25, 0.3) is 5.69 Å². The molecule has 0 radical (unpaired) electrons. The van der Waals surface area contributed by atoms with Gasteiger partial charge in [-0.15, -0.1) is 0 Å². The highest BCUT2D eigenvalue weighted by atomic mass is 79.9. The van der Waals surface area contributed by atoms with Crippen molar-refractivity contribution in [3.8, 4) is 0 Å². The Balaban J connectivity index is 2.42. The van der Waals surface area contributed by atoms with E-state index < -0.39 is 4.92 Å². The molecule has 0 unspecified atom stereocenters. The lowest BCUT2D eigenvalue weighted by molar-refractivity contribution is -0.385. The first-order valence-corrected chi connectivity index (χ1v) is 6.73. The van der Waals surface area contributed by atoms with Crippen molar-refractivity contribution < 1.29 is 14.4 Å². The minimum atomic E-state index is -0.420. The Hall–Kier alpha value is -0.980. The standard InChI is InChI=1S/C13H18BrNO4/c1-13(2,3)19-7-6-18-9-10-4-5-11(14)12(8-10)15(16)17/h4-5,8H,6-7,9H2,1-3H3. The molecule has 0 amide bonds. The van der Waals surface area contributed by atoms with Crippen molar-refractivity contribution in [2.45, 2.75) is 33.0 Å². The second-order valence-corrected chi connectivity index (χ2v) is 5.91. The fourth-order valence-corrected chi connectivity index (χ4v) is 1.78. The van der Waals surface area contributed by atoms with Crippen LogP contribution in [0.4, 0.5) is 5.69 Å². The van der Waals surface area contributed by atoms with Crippen LogP contribution in [0.15, 0.2) is 22.7 Å². The Kier molecular flexibility index (Phi) is 5.90. The fraction of sp³-hybridized carbons (Fsp3) is 0.538. The number of hydrogen-bond donors (Lipinski definition) is 0. The maximum Gasteiger partial charge on any atom is 0.283 e. The van der Waals surface area contributed by atoms with Crippen LogP contribution >= 0.6 is 15.9 Å². The molecule has 0 aliphatic carbocycles. The van der Waals surface area contributed by atoms with Crippen LogP contribution in [0.1, 0.15) is 26.3 Å². The molecule has 5 nitrogen and oxygen atoms in total. The molecule has 0 N–H and O–H groups in total. The Labute approximate surface area is 121 Å². The van der Waals surface area contributed by atoms with E-state index >= 15 is 0 Å². The number of benzene rings is 1. The van der Waals surface area contributed by atoms with E-state index in [9.17, 15) is 10.1 Å². The van der Waals surface area contributed by atoms with Crippen molar-refractivity contribution in [3.05, 3.63) is 38.3 Å². The second kappa shape index (κ2) is 6.98. The molecule has 0 aliphatic heterocycles. The first kappa shape index (κ1) is 16.1. The molecular weight excluding hydrogens is 314 g/mol. The highest BCUT2D eigenvalue weighted by Crippen LogP contribution is 2.25. The molecule has 0 heterocycles. The van der Waals surface area contributed by atoms with Crippen LogP contribution in [0.5, 0.6) is 0 Å². The predicted octanol–water partition coefficient (Wildman–Crippen LogP) is 3.69. The highest BCUT2D eigenvalue weighted by molar-refractivity contribution is 9.10. The summed E-state index contributed by atoms with van der Waals surface area (Å²) in [5.74, 6) is 0. The molecule has 1 aromatic carbocycles. The topological polar surface area (TPSA) is 61.6 Å². The van der Waals surface area contributed by atoms with Gasteiger partial charge in [0.05, 0.1) is 34.8 Å². The summed E-state index contributed by atoms with van der Waals surface area (Å²) < 4.78 is 11.4. The molecule has 0 spiro atoms. The smallest absolute Gasteiger partial charge is 0.283 e. The van der Waals surface area contributed by atoms with Crippen LogP contribution in [0.3, 0.4) is 0 Å². The van der Waals surface area contributed by atoms with Gasteiger partial charge in [0, 0.05) is 6.07 Å². The van der Waals surface area contributed by atoms with Crippen molar-refractivity contribution in [3.63, 3.8) is 0 Å². The van der Waals surface area contributed by atoms with Gasteiger partial charge in [-0.05, 0) is 48.3 Å². The van der Waals surface area contributed by atoms with Gasteiger partial charge < -0.3 is 9.47 Å². The van der Waals surface area contributed by atoms with Crippen LogP contribution < -0.4 is 0 Å². The molecule has 0 aromatic heterocycles. The lowest BCUT2D eigenvalue weighted by Crippen LogP contribution is -2.21. The van der Waals surface area contributed by atoms with Crippen LogP contribution in [-0.2, 0) is 16.1 Å². The van der Waals surface area contributed by atoms with Gasteiger partial charge in [-0.25, -0.2) is 0 Å². The minimum Gasteiger partial charge on any atom is -0.374 e. The van der Waals surface area contributed by atoms with Crippen molar-refractivity contribution in [2.75, 3.05) is 13.2 Å². The third kappa shape index (κ3) is 6.13. The van der Waals surface area contributed by atoms with Crippen LogP contribution in [-0.4, -0.2) is 23.7 Å². The van der Waals surface area contributed by atoms with E-state index in [1.165, 1.54) is 6.07 Å². The average molecular weight is 332 g/mol. The third-order valence-corrected chi connectivity index (χ3v) is 2.91. The average Bonchev–Trinajstić information content (AvgIpc) is 2.29. The monoisotopic (exact) mass is 331 g/mol. The van der Waals surface area contributed by atoms with Gasteiger partial charge in [0.15, 0.2) is 0 Å². The van der Waals surface area contributed by atoms with E-state index in [0.717, 1.165) is 5.56 Å². The highest BCUT2D eigenvalue weighted by Gasteiger charge is 2.12. The van der Waals surface area contributed by atoms with Crippen molar-refractivity contribution in [1.29, 1.82) is 0 Å². The van der Waals surface area contributed by atoms with Gasteiger partial charge in [-0.3, -0.25) is 10.1 Å². The van der Waals surface area contributed by atoms with Gasteiger partial charge in [0.1, 0.15) is 0 Å². The summed E-state index contributed by atoms with van der Waals surface area (Å²) >= 11 is 3.14. The Morgan fingerprint density at radius 2 is 2.00 bits per heavy atom. The zero-order chi connectivity index (χ0) is 14.5. The van der Waals surface area contributed by atoms with Gasteiger partial charge in [-0.2, -0.15) is 0 Å². The molecule has 1 rings (SSSR count). The number of nitro groups is 1. The molecule has 0 aliphatic rings. The van der Waals surface area contributed by atoms with Crippen LogP contribution in [0, 0.1) is 10.1 Å². The zero-order valence-corrected chi connectivity index (χ0v) is 12.9. The zero-order valence-electron chi connectivity index (χ0n) is 11.3. The Morgan fingerprint density at radius 1 is 1.32 bits per heavy atom. The summed E-state index contributed by atoms with van der Waals surface area (Å²) in [6, 6.07) is 4.96. The number of ether oxygens (including phenoxy) is 2. The normalized spacial score (nSPS) is 11.6. The van der Waals surface area contributed by atoms with E-state index in [2.05, 4.69) is 15.9 Å². The van der Waals surface area contributed by atoms with E-state index in [-0.39, 0.29) is 11.3 Å². The molecular formula is C13H18BrNO4. The lowest BCUT2D eigenvalue weighted by Gasteiger charge is -2.19. The van der Waals surface area contributed by atoms with Crippen molar-refractivity contribution in [1.82, 2.24) is 0 Å². The Morgan fingerprint density at radius 3 is 2.58 bits per heavy atom. The molecule has 1 aromatic rings. The molecule has 19 heavy (non-hydrogen) atoms. The minimum absolute atomic E-state index is 0.0482. The van der Waals surface area contributed by atoms with Crippen molar-refractivity contribution in [2.24, 2.45) is 0 Å². The molecule has 6 heteroatoms. The second-order valence-electron chi connectivity index (χ2n) is 5.06. The Bertz CT molecular complexity index is 443. The quantitative estimate of drug-likeness (QED) is 0.453. The summed E-state index contributed by atoms with van der Waals surface area (Å²) in [5.41, 5.74) is 0.637. The van der Waals surface area contributed by atoms with Gasteiger partial charge in [0.2, 0.25) is 0 Å². The first-order chi connectivity index (χ1) is 8.79. The number of nitro benzene ring substituents is 1. The van der Waals surface area contributed by atoms with E-state index in [1.807, 2.05) is 20.8 Å². The largest absolute Gasteiger partial charge is 0.374 e. The predicted molar refractivity (Wildman–Crippen MR) is 76.2 cm³/mol. The summed E-state index contributed by atoms with van der Waals surface area (Å²) in [5, 5.41) is 10.8. The molecule has 106 valence electrons. The number of hydrogen-bond acceptors (Lipinski definition) is 4. The molecule has 0 fully saturated rings.